The second-order valence-electron chi connectivity index (χ2n) is 19.4. The van der Waals surface area contributed by atoms with E-state index >= 15 is 0 Å². The Bertz CT molecular complexity index is 1680. The molecule has 0 aromatic heterocycles. The van der Waals surface area contributed by atoms with Crippen LogP contribution in [-0.2, 0) is 52.2 Å². The predicted molar refractivity (Wildman–Crippen MR) is 227 cm³/mol. The highest BCUT2D eigenvalue weighted by Crippen LogP contribution is 2.48. The molecule has 0 aromatic carbocycles. The third-order valence-electron chi connectivity index (χ3n) is 14.9. The zero-order valence-electron chi connectivity index (χ0n) is 38.5. The normalized spacial score (nSPS) is 49.4. The van der Waals surface area contributed by atoms with E-state index in [1.807, 2.05) is 19.1 Å². The van der Waals surface area contributed by atoms with Gasteiger partial charge in [-0.2, -0.15) is 0 Å². The summed E-state index contributed by atoms with van der Waals surface area (Å²) in [5.41, 5.74) is 0.188. The molecular weight excluding hydrogens is 801 g/mol. The van der Waals surface area contributed by atoms with Crippen molar-refractivity contribution in [1.82, 2.24) is 0 Å². The van der Waals surface area contributed by atoms with Crippen molar-refractivity contribution in [1.29, 1.82) is 0 Å². The lowest BCUT2D eigenvalue weighted by Gasteiger charge is -2.51. The van der Waals surface area contributed by atoms with Crippen molar-refractivity contribution in [2.45, 2.75) is 204 Å². The van der Waals surface area contributed by atoms with Crippen LogP contribution in [0.15, 0.2) is 47.1 Å². The van der Waals surface area contributed by atoms with Crippen LogP contribution in [0.25, 0.3) is 0 Å². The number of aliphatic hydroxyl groups excluding tert-OH is 2. The van der Waals surface area contributed by atoms with Gasteiger partial charge in [-0.3, -0.25) is 4.79 Å². The molecule has 0 radical (unpaired) electrons. The summed E-state index contributed by atoms with van der Waals surface area (Å²) in [5, 5.41) is 34.2. The highest BCUT2D eigenvalue weighted by molar-refractivity contribution is 5.78. The van der Waals surface area contributed by atoms with Gasteiger partial charge in [0, 0.05) is 52.2 Å². The van der Waals surface area contributed by atoms with E-state index in [1.54, 1.807) is 40.2 Å². The van der Waals surface area contributed by atoms with Crippen molar-refractivity contribution in [2.75, 3.05) is 20.8 Å². The highest BCUT2D eigenvalue weighted by Gasteiger charge is 2.60. The van der Waals surface area contributed by atoms with Gasteiger partial charge in [0.2, 0.25) is 0 Å². The van der Waals surface area contributed by atoms with E-state index in [0.717, 1.165) is 18.4 Å². The van der Waals surface area contributed by atoms with Gasteiger partial charge in [0.25, 0.3) is 0 Å². The summed E-state index contributed by atoms with van der Waals surface area (Å²) in [5.74, 6) is -2.10. The van der Waals surface area contributed by atoms with E-state index in [4.69, 9.17) is 47.4 Å². The molecule has 14 heteroatoms. The van der Waals surface area contributed by atoms with Gasteiger partial charge in [-0.15, -0.1) is 0 Å². The number of esters is 1. The lowest BCUT2D eigenvalue weighted by Crippen LogP contribution is -2.58. The quantitative estimate of drug-likeness (QED) is 0.204. The molecular formula is C48H74O14. The fraction of sp³-hybridized carbons (Fsp3) is 0.812. The molecule has 20 atom stereocenters. The first kappa shape index (κ1) is 47.9. The molecule has 350 valence electrons. The molecule has 5 fully saturated rings. The molecule has 1 aliphatic carbocycles. The van der Waals surface area contributed by atoms with Gasteiger partial charge in [0.05, 0.1) is 49.3 Å². The minimum absolute atomic E-state index is 0.00708. The molecule has 5 saturated heterocycles. The van der Waals surface area contributed by atoms with E-state index in [2.05, 4.69) is 40.7 Å². The fourth-order valence-corrected chi connectivity index (χ4v) is 11.0. The number of fused-ring (bicyclic) bond motifs is 2. The Morgan fingerprint density at radius 1 is 0.919 bits per heavy atom. The summed E-state index contributed by atoms with van der Waals surface area (Å²) in [4.78, 5) is 14.4. The fourth-order valence-electron chi connectivity index (χ4n) is 11.0. The minimum atomic E-state index is -1.82. The van der Waals surface area contributed by atoms with Gasteiger partial charge in [0.1, 0.15) is 42.0 Å². The number of carbonyl (C=O) groups is 1. The Labute approximate surface area is 368 Å². The van der Waals surface area contributed by atoms with Crippen LogP contribution in [0.3, 0.4) is 0 Å². The smallest absolute Gasteiger partial charge is 0.316 e. The van der Waals surface area contributed by atoms with E-state index in [0.29, 0.717) is 61.5 Å². The van der Waals surface area contributed by atoms with Gasteiger partial charge in [0.15, 0.2) is 18.4 Å². The Hall–Kier alpha value is -2.05. The largest absolute Gasteiger partial charge is 0.462 e. The molecule has 7 rings (SSSR count). The van der Waals surface area contributed by atoms with Gasteiger partial charge in [-0.1, -0.05) is 64.5 Å². The average Bonchev–Trinajstić information content (AvgIpc) is 3.58. The maximum atomic E-state index is 14.4. The summed E-state index contributed by atoms with van der Waals surface area (Å²) in [6.07, 6.45) is 6.53. The zero-order valence-corrected chi connectivity index (χ0v) is 38.5. The number of hydrogen-bond acceptors (Lipinski definition) is 14. The van der Waals surface area contributed by atoms with Crippen molar-refractivity contribution >= 4 is 5.97 Å². The van der Waals surface area contributed by atoms with E-state index in [-0.39, 0.29) is 30.8 Å². The summed E-state index contributed by atoms with van der Waals surface area (Å²) in [7, 11) is 3.23. The van der Waals surface area contributed by atoms with Crippen LogP contribution >= 0.6 is 0 Å². The molecule has 2 unspecified atom stereocenters. The molecule has 2 bridgehead atoms. The third kappa shape index (κ3) is 9.73. The molecule has 0 aromatic rings. The Morgan fingerprint density at radius 3 is 2.35 bits per heavy atom. The summed E-state index contributed by atoms with van der Waals surface area (Å²) in [6, 6.07) is 0. The van der Waals surface area contributed by atoms with E-state index in [1.165, 1.54) is 0 Å². The molecule has 1 spiro atoms. The SMILES string of the molecule is CCC(C)[C@H]1O[C@]2(CC[C@@H]1C)CC1C[C@@H](C/C=C(\C)[C@@H](O[C@H]3C[C@H](OC)[C@@H](O[C@H]4C[C@H](OC)[C@@H](O)[C@H](C)O4)[C@H](C)O3)[C@@H](C)/C=C/C=C3\CO[C@@H]4[C@H](O)C(C)=C[C@@H](C(=O)O1)[C@]34O)O2. The van der Waals surface area contributed by atoms with Gasteiger partial charge >= 0.3 is 5.97 Å². The van der Waals surface area contributed by atoms with Crippen molar-refractivity contribution in [3.8, 4) is 0 Å². The van der Waals surface area contributed by atoms with Gasteiger partial charge in [-0.25, -0.2) is 0 Å². The Morgan fingerprint density at radius 2 is 1.63 bits per heavy atom. The maximum absolute atomic E-state index is 14.4. The monoisotopic (exact) mass is 875 g/mol. The first-order chi connectivity index (χ1) is 29.5. The number of allylic oxidation sites excluding steroid dienone is 2. The van der Waals surface area contributed by atoms with Crippen molar-refractivity contribution in [3.05, 3.63) is 47.1 Å². The molecule has 0 saturated carbocycles. The molecule has 6 aliphatic heterocycles. The molecule has 14 nitrogen and oxygen atoms in total. The summed E-state index contributed by atoms with van der Waals surface area (Å²) < 4.78 is 63.9. The van der Waals surface area contributed by atoms with Crippen LogP contribution in [0.1, 0.15) is 107 Å². The lowest BCUT2D eigenvalue weighted by atomic mass is 9.71. The Balaban J connectivity index is 1.18. The first-order valence-corrected chi connectivity index (χ1v) is 23.2. The highest BCUT2D eigenvalue weighted by atomic mass is 16.7. The van der Waals surface area contributed by atoms with Gasteiger partial charge < -0.3 is 62.7 Å². The molecule has 7 aliphatic rings. The van der Waals surface area contributed by atoms with Crippen molar-refractivity contribution in [3.63, 3.8) is 0 Å². The maximum Gasteiger partial charge on any atom is 0.316 e. The van der Waals surface area contributed by atoms with Crippen LogP contribution in [0.4, 0.5) is 0 Å². The number of methoxy groups -OCH3 is 2. The molecule has 6 heterocycles. The predicted octanol–water partition coefficient (Wildman–Crippen LogP) is 5.60. The summed E-state index contributed by atoms with van der Waals surface area (Å²) >= 11 is 0. The molecule has 3 N–H and O–H groups in total. The third-order valence-corrected chi connectivity index (χ3v) is 14.9. The molecule has 62 heavy (non-hydrogen) atoms. The van der Waals surface area contributed by atoms with Crippen LogP contribution in [0.5, 0.6) is 0 Å². The van der Waals surface area contributed by atoms with Crippen LogP contribution in [0.2, 0.25) is 0 Å². The van der Waals surface area contributed by atoms with Gasteiger partial charge in [-0.05, 0) is 69.1 Å². The average molecular weight is 875 g/mol. The first-order valence-electron chi connectivity index (χ1n) is 23.2. The van der Waals surface area contributed by atoms with Crippen molar-refractivity contribution < 1.29 is 67.5 Å². The Kier molecular flexibility index (Phi) is 15.3. The lowest BCUT2D eigenvalue weighted by molar-refractivity contribution is -0.340. The van der Waals surface area contributed by atoms with Crippen LogP contribution in [0, 0.1) is 23.7 Å². The second-order valence-corrected chi connectivity index (χ2v) is 19.4. The summed E-state index contributed by atoms with van der Waals surface area (Å²) in [6.45, 7) is 16.3. The van der Waals surface area contributed by atoms with E-state index < -0.39 is 90.8 Å². The van der Waals surface area contributed by atoms with Crippen molar-refractivity contribution in [2.24, 2.45) is 23.7 Å². The standard InChI is InChI=1S/C48H74O14/c1-11-25(2)43-28(5)17-18-47(62-43)23-34-20-33(61-47)16-15-27(4)42(26(3)13-12-14-32-24-55-45-40(49)29(6)19-35(46(51)58-34)48(32,45)52)59-39-22-37(54-10)44(31(8)57-39)60-38-21-36(53-9)41(50)30(7)56-38/h12-15,19,25-26,28,30-31,33-45,49-50,52H,11,16-18,20-24H2,1-10H3/b13-12+,27-15+,32-14+/t25?,26-,28-,30-,31-,33+,34?,35-,36-,37-,38-,39-,40+,41-,42-,43+,44-,45+,47+,48+/m0/s1. The number of carbonyl (C=O) groups excluding carboxylic acids is 1. The number of aliphatic hydroxyl groups is 3. The van der Waals surface area contributed by atoms with E-state index in [9.17, 15) is 20.1 Å². The minimum Gasteiger partial charge on any atom is -0.462 e. The van der Waals surface area contributed by atoms with Crippen LogP contribution in [-0.4, -0.2) is 139 Å². The number of rotatable bonds is 8. The van der Waals surface area contributed by atoms with Crippen LogP contribution < -0.4 is 0 Å². The number of ether oxygens (including phenoxy) is 10. The topological polar surface area (TPSA) is 170 Å². The molecule has 0 amide bonds. The zero-order chi connectivity index (χ0) is 44.7. The number of hydrogen-bond donors (Lipinski definition) is 3. The second kappa shape index (κ2) is 19.8.